The number of allylic oxidation sites excluding steroid dienone is 6. The van der Waals surface area contributed by atoms with Crippen LogP contribution < -0.4 is 8.97 Å². The molecule has 8 heteroatoms. The lowest BCUT2D eigenvalue weighted by Gasteiger charge is -2.60. The fraction of sp³-hybridized carbons (Fsp3) is 0.356. The van der Waals surface area contributed by atoms with Crippen molar-refractivity contribution in [3.8, 4) is 23.0 Å². The molecule has 6 rings (SSSR count). The molecule has 2 unspecified atom stereocenters. The van der Waals surface area contributed by atoms with Crippen molar-refractivity contribution in [2.75, 3.05) is 0 Å². The molecule has 8 nitrogen and oxygen atoms in total. The van der Waals surface area contributed by atoms with Crippen LogP contribution in [0.5, 0.6) is 23.0 Å². The molecular formula is C59H72N2O6+2. The first kappa shape index (κ1) is 50.2. The summed E-state index contributed by atoms with van der Waals surface area (Å²) in [7, 11) is 0. The Labute approximate surface area is 399 Å². The van der Waals surface area contributed by atoms with Gasteiger partial charge >= 0.3 is 11.8 Å². The third-order valence-electron chi connectivity index (χ3n) is 16.1. The fourth-order valence-electron chi connectivity index (χ4n) is 12.3. The van der Waals surface area contributed by atoms with Gasteiger partial charge in [0.15, 0.2) is 22.7 Å². The molecule has 0 radical (unpaired) electrons. The van der Waals surface area contributed by atoms with E-state index in [4.69, 9.17) is 0 Å². The van der Waals surface area contributed by atoms with Gasteiger partial charge < -0.3 is 20.4 Å². The minimum absolute atomic E-state index is 0.0296. The quantitative estimate of drug-likeness (QED) is 0.0658. The number of amides is 2. The predicted octanol–water partition coefficient (Wildman–Crippen LogP) is 13.5. The van der Waals surface area contributed by atoms with Gasteiger partial charge in [-0.3, -0.25) is 0 Å². The number of carbonyl (C=O) groups excluding carboxylic acids is 2. The lowest BCUT2D eigenvalue weighted by molar-refractivity contribution is -0.140. The third-order valence-corrected chi connectivity index (χ3v) is 16.1. The Balaban J connectivity index is 2.14. The molecule has 2 aliphatic rings. The largest absolute Gasteiger partial charge is 0.508 e. The Morgan fingerprint density at radius 1 is 0.478 bits per heavy atom. The molecule has 0 aliphatic carbocycles. The smallest absolute Gasteiger partial charge is 0.335 e. The van der Waals surface area contributed by atoms with Crippen LogP contribution in [0.15, 0.2) is 136 Å². The first-order chi connectivity index (χ1) is 31.2. The molecule has 0 saturated carbocycles. The van der Waals surface area contributed by atoms with Crippen molar-refractivity contribution in [2.24, 2.45) is 21.7 Å². The summed E-state index contributed by atoms with van der Waals surface area (Å²) in [5.41, 5.74) is 0.255. The molecular weight excluding hydrogens is 833 g/mol. The van der Waals surface area contributed by atoms with E-state index < -0.39 is 36.3 Å². The molecule has 0 bridgehead atoms. The molecule has 0 aromatic heterocycles. The molecule has 2 aliphatic heterocycles. The second-order valence-electron chi connectivity index (χ2n) is 21.2. The molecule has 4 aromatic rings. The van der Waals surface area contributed by atoms with Crippen LogP contribution in [0.2, 0.25) is 0 Å². The highest BCUT2D eigenvalue weighted by Crippen LogP contribution is 2.81. The Hall–Kier alpha value is -6.22. The van der Waals surface area contributed by atoms with Crippen LogP contribution in [0.1, 0.15) is 103 Å². The maximum atomic E-state index is 17.3. The highest BCUT2D eigenvalue weighted by atomic mass is 16.3. The van der Waals surface area contributed by atoms with Crippen LogP contribution in [-0.4, -0.2) is 37.9 Å². The summed E-state index contributed by atoms with van der Waals surface area (Å²) < 4.78 is -1.14. The Bertz CT molecular complexity index is 2530. The molecule has 2 amide bonds. The number of quaternary nitrogens is 2. The molecule has 352 valence electrons. The van der Waals surface area contributed by atoms with E-state index >= 15 is 9.59 Å². The number of benzene rings is 4. The lowest BCUT2D eigenvalue weighted by Crippen LogP contribution is -2.82. The molecule has 1 spiro atoms. The summed E-state index contributed by atoms with van der Waals surface area (Å²) in [6, 6.07) is 18.2. The zero-order valence-electron chi connectivity index (χ0n) is 41.6. The summed E-state index contributed by atoms with van der Waals surface area (Å²) in [6.07, 6.45) is 8.51. The SMILES string of the molecule is C=CCc1cc([N+]2(c3ccc(O)c(CC(=C)C)c3)C(=O)C(C)(C)C(C)(C)C23C(C)(C)C(C)(C)C(=O)[N+]3(c2ccc(O)c(CC(=C)C)c2)c2cc(CC=C)c(O)c(CC=C)c2)cc(CC=C)c1O. The minimum atomic E-state index is -1.67. The van der Waals surface area contributed by atoms with Gasteiger partial charge in [0.2, 0.25) is 0 Å². The molecule has 2 saturated heterocycles. The van der Waals surface area contributed by atoms with Crippen molar-refractivity contribution >= 4 is 34.6 Å². The average molecular weight is 905 g/mol. The van der Waals surface area contributed by atoms with Gasteiger partial charge in [-0.15, -0.1) is 35.3 Å². The van der Waals surface area contributed by atoms with Gasteiger partial charge in [-0.1, -0.05) is 48.6 Å². The van der Waals surface area contributed by atoms with Crippen LogP contribution in [0.25, 0.3) is 0 Å². The molecule has 2 heterocycles. The second kappa shape index (κ2) is 17.1. The maximum Gasteiger partial charge on any atom is 0.335 e. The van der Waals surface area contributed by atoms with E-state index in [2.05, 4.69) is 67.2 Å². The number of carbonyl (C=O) groups is 2. The first-order valence-corrected chi connectivity index (χ1v) is 23.2. The molecule has 4 N–H and O–H groups in total. The van der Waals surface area contributed by atoms with Crippen molar-refractivity contribution in [3.63, 3.8) is 0 Å². The van der Waals surface area contributed by atoms with Crippen molar-refractivity contribution in [3.05, 3.63) is 169 Å². The van der Waals surface area contributed by atoms with E-state index in [0.717, 1.165) is 11.1 Å². The summed E-state index contributed by atoms with van der Waals surface area (Å²) in [6.45, 7) is 44.7. The topological polar surface area (TPSA) is 115 Å². The maximum absolute atomic E-state index is 17.3. The van der Waals surface area contributed by atoms with Gasteiger partial charge in [-0.05, 0) is 120 Å². The summed E-state index contributed by atoms with van der Waals surface area (Å²) >= 11 is 0. The monoisotopic (exact) mass is 905 g/mol. The van der Waals surface area contributed by atoms with Crippen molar-refractivity contribution in [1.82, 2.24) is 8.97 Å². The fourth-order valence-corrected chi connectivity index (χ4v) is 12.3. The molecule has 4 aromatic carbocycles. The number of phenols is 4. The van der Waals surface area contributed by atoms with Gasteiger partial charge in [0, 0.05) is 81.9 Å². The van der Waals surface area contributed by atoms with Crippen LogP contribution in [-0.2, 0) is 48.1 Å². The molecule has 67 heavy (non-hydrogen) atoms. The third kappa shape index (κ3) is 6.61. The van der Waals surface area contributed by atoms with Crippen molar-refractivity contribution < 1.29 is 30.0 Å². The van der Waals surface area contributed by atoms with Crippen LogP contribution in [0.3, 0.4) is 0 Å². The second-order valence-corrected chi connectivity index (χ2v) is 21.2. The Morgan fingerprint density at radius 2 is 0.746 bits per heavy atom. The zero-order chi connectivity index (χ0) is 50.0. The summed E-state index contributed by atoms with van der Waals surface area (Å²) in [5, 5.41) is 47.4. The van der Waals surface area contributed by atoms with Gasteiger partial charge in [-0.2, -0.15) is 0 Å². The molecule has 2 atom stereocenters. The van der Waals surface area contributed by atoms with E-state index in [1.54, 1.807) is 48.6 Å². The van der Waals surface area contributed by atoms with Gasteiger partial charge in [-0.25, -0.2) is 9.59 Å². The summed E-state index contributed by atoms with van der Waals surface area (Å²) in [4.78, 5) is 34.7. The van der Waals surface area contributed by atoms with Gasteiger partial charge in [0.1, 0.15) is 23.0 Å². The van der Waals surface area contributed by atoms with E-state index in [0.29, 0.717) is 69.0 Å². The highest BCUT2D eigenvalue weighted by Gasteiger charge is 2.99. The predicted molar refractivity (Wildman–Crippen MR) is 276 cm³/mol. The number of aromatic hydroxyl groups is 4. The molecule has 2 fully saturated rings. The van der Waals surface area contributed by atoms with Crippen LogP contribution in [0.4, 0.5) is 22.7 Å². The number of hydrogen-bond acceptors (Lipinski definition) is 6. The van der Waals surface area contributed by atoms with E-state index in [1.165, 1.54) is 0 Å². The number of rotatable bonds is 16. The highest BCUT2D eigenvalue weighted by molar-refractivity contribution is 6.12. The zero-order valence-corrected chi connectivity index (χ0v) is 41.6. The van der Waals surface area contributed by atoms with Crippen LogP contribution in [0, 0.1) is 21.7 Å². The number of hydrogen-bond donors (Lipinski definition) is 4. The van der Waals surface area contributed by atoms with Gasteiger partial charge in [0.25, 0.3) is 5.66 Å². The normalized spacial score (nSPS) is 23.3. The summed E-state index contributed by atoms with van der Waals surface area (Å²) in [5.74, 6) is -0.265. The Morgan fingerprint density at radius 3 is 1.00 bits per heavy atom. The average Bonchev–Trinajstić information content (AvgIpc) is 3.43. The van der Waals surface area contributed by atoms with Crippen molar-refractivity contribution in [1.29, 1.82) is 0 Å². The number of nitrogens with zero attached hydrogens (tertiary/aromatic N) is 2. The van der Waals surface area contributed by atoms with Crippen LogP contribution >= 0.6 is 0 Å². The van der Waals surface area contributed by atoms with E-state index in [9.17, 15) is 20.4 Å². The van der Waals surface area contributed by atoms with E-state index in [-0.39, 0.29) is 60.5 Å². The minimum Gasteiger partial charge on any atom is -0.508 e. The van der Waals surface area contributed by atoms with Crippen molar-refractivity contribution in [2.45, 2.75) is 113 Å². The van der Waals surface area contributed by atoms with E-state index in [1.807, 2.05) is 77.9 Å². The first-order valence-electron chi connectivity index (χ1n) is 23.2. The number of phenolic OH excluding ortho intramolecular Hbond substituents is 4. The van der Waals surface area contributed by atoms with Gasteiger partial charge in [0.05, 0.1) is 21.7 Å². The standard InChI is InChI=1S/C59H70N2O6/c1-17-21-39-31-47(32-40(22-18-2)51(39)64)60(45-25-27-49(62)43(35-45)29-37(5)6)53(66)55(9,10)57(13,14)59(60)58(15,16)56(11,12)54(67)61(59,46-26-28-50(63)44(36-46)30-38(7)8)48-33-41(23-19-3)52(65)42(34-48)24-20-4/h17-20,25-28,31-36H,1-5,7,21-24,29-30H2,6,8-16H3,(H2-2,62,63,64,65)/p+2. The lowest BCUT2D eigenvalue weighted by atomic mass is 9.52. The Kier molecular flexibility index (Phi) is 12.8.